The topological polar surface area (TPSA) is 68.3 Å². The van der Waals surface area contributed by atoms with Crippen molar-refractivity contribution in [2.45, 2.75) is 10.7 Å². The van der Waals surface area contributed by atoms with Crippen LogP contribution in [0.4, 0.5) is 14.5 Å². The second-order valence-corrected chi connectivity index (χ2v) is 6.82. The molecule has 0 fully saturated rings. The lowest BCUT2D eigenvalue weighted by Gasteiger charge is -2.10. The molecule has 2 aromatic carbocycles. The largest absolute Gasteiger partial charge is 0.452 e. The number of carbonyl (C=O) groups excluding carboxylic acids is 2. The van der Waals surface area contributed by atoms with Gasteiger partial charge in [-0.05, 0) is 30.3 Å². The van der Waals surface area contributed by atoms with Crippen LogP contribution in [-0.2, 0) is 14.3 Å². The Kier molecular flexibility index (Phi) is 6.91. The fourth-order valence-corrected chi connectivity index (χ4v) is 3.06. The third-order valence-electron chi connectivity index (χ3n) is 3.73. The molecule has 0 aliphatic heterocycles. The van der Waals surface area contributed by atoms with Crippen molar-refractivity contribution in [3.05, 3.63) is 72.4 Å². The smallest absolute Gasteiger partial charge is 0.331 e. The summed E-state index contributed by atoms with van der Waals surface area (Å²) < 4.78 is 30.0. The molecule has 0 saturated carbocycles. The monoisotopic (exact) mass is 414 g/mol. The van der Waals surface area contributed by atoms with Gasteiger partial charge in [0.1, 0.15) is 0 Å². The number of benzene rings is 2. The summed E-state index contributed by atoms with van der Waals surface area (Å²) in [5.41, 5.74) is 1.60. The lowest BCUT2D eigenvalue weighted by atomic mass is 10.2. The van der Waals surface area contributed by atoms with Crippen molar-refractivity contribution in [2.24, 2.45) is 0 Å². The number of esters is 1. The maximum Gasteiger partial charge on any atom is 0.331 e. The van der Waals surface area contributed by atoms with E-state index < -0.39 is 24.2 Å². The van der Waals surface area contributed by atoms with Crippen LogP contribution in [0.5, 0.6) is 0 Å². The number of thioether (sulfide) groups is 1. The summed E-state index contributed by atoms with van der Waals surface area (Å²) in [5.74, 6) is -3.96. The number of aromatic nitrogens is 1. The van der Waals surface area contributed by atoms with E-state index >= 15 is 0 Å². The molecule has 0 bridgehead atoms. The van der Waals surface area contributed by atoms with Crippen LogP contribution in [0.2, 0.25) is 0 Å². The summed E-state index contributed by atoms with van der Waals surface area (Å²) in [6.07, 6.45) is 2.66. The van der Waals surface area contributed by atoms with Crippen LogP contribution in [0.1, 0.15) is 5.69 Å². The summed E-state index contributed by atoms with van der Waals surface area (Å²) in [5, 5.41) is 3.44. The first-order valence-corrected chi connectivity index (χ1v) is 9.43. The molecule has 0 aliphatic carbocycles. The predicted octanol–water partition coefficient (Wildman–Crippen LogP) is 4.74. The van der Waals surface area contributed by atoms with E-state index in [0.29, 0.717) is 17.5 Å². The number of nitrogens with zero attached hydrogens (tertiary/aromatic N) is 1. The van der Waals surface area contributed by atoms with E-state index in [-0.39, 0.29) is 10.6 Å². The Hall–Kier alpha value is -3.26. The summed E-state index contributed by atoms with van der Waals surface area (Å²) in [6, 6.07) is 17.4. The van der Waals surface area contributed by atoms with E-state index in [9.17, 15) is 18.4 Å². The molecular weight excluding hydrogens is 398 g/mol. The Balaban J connectivity index is 1.53. The van der Waals surface area contributed by atoms with Crippen molar-refractivity contribution < 1.29 is 23.1 Å². The van der Waals surface area contributed by atoms with Crippen molar-refractivity contribution in [3.63, 3.8) is 0 Å². The maximum absolute atomic E-state index is 12.6. The predicted molar refractivity (Wildman–Crippen MR) is 109 cm³/mol. The fourth-order valence-electron chi connectivity index (χ4n) is 2.47. The molecule has 1 heterocycles. The van der Waals surface area contributed by atoms with Gasteiger partial charge < -0.3 is 10.1 Å². The number of amides is 1. The van der Waals surface area contributed by atoms with E-state index in [1.165, 1.54) is 24.3 Å². The highest BCUT2D eigenvalue weighted by Gasteiger charge is 2.12. The van der Waals surface area contributed by atoms with Crippen LogP contribution in [-0.4, -0.2) is 29.2 Å². The Morgan fingerprint density at radius 3 is 2.66 bits per heavy atom. The van der Waals surface area contributed by atoms with Crippen LogP contribution in [0, 0.1) is 0 Å². The van der Waals surface area contributed by atoms with Gasteiger partial charge in [-0.25, -0.2) is 9.78 Å². The van der Waals surface area contributed by atoms with Gasteiger partial charge in [-0.15, -0.1) is 0 Å². The van der Waals surface area contributed by atoms with Gasteiger partial charge in [0, 0.05) is 16.4 Å². The number of halogens is 2. The first-order chi connectivity index (χ1) is 14.0. The van der Waals surface area contributed by atoms with Gasteiger partial charge in [-0.1, -0.05) is 48.2 Å². The van der Waals surface area contributed by atoms with Gasteiger partial charge in [-0.3, -0.25) is 4.79 Å². The highest BCUT2D eigenvalue weighted by Crippen LogP contribution is 2.31. The molecule has 3 rings (SSSR count). The van der Waals surface area contributed by atoms with E-state index in [4.69, 9.17) is 4.74 Å². The number of rotatable bonds is 7. The Morgan fingerprint density at radius 2 is 1.83 bits per heavy atom. The molecule has 3 aromatic rings. The second-order valence-electron chi connectivity index (χ2n) is 5.79. The van der Waals surface area contributed by atoms with Crippen LogP contribution >= 0.6 is 11.8 Å². The number of pyridine rings is 1. The lowest BCUT2D eigenvalue weighted by molar-refractivity contribution is -0.142. The minimum atomic E-state index is -2.61. The molecule has 1 N–H and O–H groups in total. The minimum absolute atomic E-state index is 0.226. The number of para-hydroxylation sites is 2. The molecule has 148 valence electrons. The lowest BCUT2D eigenvalue weighted by Crippen LogP contribution is -2.20. The summed E-state index contributed by atoms with van der Waals surface area (Å²) in [4.78, 5) is 28.4. The Morgan fingerprint density at radius 1 is 1.07 bits per heavy atom. The summed E-state index contributed by atoms with van der Waals surface area (Å²) in [6.45, 7) is -0.540. The molecule has 5 nitrogen and oxygen atoms in total. The fraction of sp³-hybridized carbons (Fsp3) is 0.0952. The standard InChI is InChI=1S/C21H16F2N2O3S/c22-21(23)29-18-8-4-3-7-17(18)25-19(26)13-28-20(27)12-11-15-10-9-14-5-1-2-6-16(14)24-15/h1-12,21H,13H2,(H,25,26)/b12-11+. The van der Waals surface area contributed by atoms with Gasteiger partial charge in [-0.2, -0.15) is 8.78 Å². The van der Waals surface area contributed by atoms with E-state index in [1.54, 1.807) is 18.2 Å². The molecule has 1 aromatic heterocycles. The zero-order chi connectivity index (χ0) is 20.6. The van der Waals surface area contributed by atoms with Gasteiger partial charge in [0.2, 0.25) is 0 Å². The molecule has 0 unspecified atom stereocenters. The molecule has 0 atom stereocenters. The Bertz CT molecular complexity index is 1060. The third kappa shape index (κ3) is 6.11. The molecule has 0 spiro atoms. The van der Waals surface area contributed by atoms with Crippen molar-refractivity contribution >= 4 is 46.3 Å². The zero-order valence-corrected chi connectivity index (χ0v) is 15.9. The van der Waals surface area contributed by atoms with Crippen LogP contribution in [0.25, 0.3) is 17.0 Å². The number of carbonyl (C=O) groups is 2. The Labute approximate surface area is 169 Å². The molecule has 0 radical (unpaired) electrons. The van der Waals surface area contributed by atoms with E-state index in [0.717, 1.165) is 10.9 Å². The summed E-state index contributed by atoms with van der Waals surface area (Å²) >= 11 is 0.324. The van der Waals surface area contributed by atoms with Crippen molar-refractivity contribution in [2.75, 3.05) is 11.9 Å². The quantitative estimate of drug-likeness (QED) is 0.343. The van der Waals surface area contributed by atoms with Gasteiger partial charge >= 0.3 is 5.97 Å². The number of hydrogen-bond donors (Lipinski definition) is 1. The average Bonchev–Trinajstić information content (AvgIpc) is 2.71. The van der Waals surface area contributed by atoms with Crippen molar-refractivity contribution in [3.8, 4) is 0 Å². The number of nitrogens with one attached hydrogen (secondary N) is 1. The first kappa shape index (κ1) is 20.5. The van der Waals surface area contributed by atoms with Gasteiger partial charge in [0.05, 0.1) is 16.9 Å². The molecule has 8 heteroatoms. The third-order valence-corrected chi connectivity index (χ3v) is 4.52. The number of alkyl halides is 2. The number of ether oxygens (including phenoxy) is 1. The zero-order valence-electron chi connectivity index (χ0n) is 15.0. The van der Waals surface area contributed by atoms with Crippen LogP contribution < -0.4 is 5.32 Å². The highest BCUT2D eigenvalue weighted by molar-refractivity contribution is 7.99. The van der Waals surface area contributed by atoms with Gasteiger partial charge in [0.25, 0.3) is 11.7 Å². The van der Waals surface area contributed by atoms with Crippen LogP contribution in [0.15, 0.2) is 71.6 Å². The van der Waals surface area contributed by atoms with E-state index in [2.05, 4.69) is 10.3 Å². The first-order valence-electron chi connectivity index (χ1n) is 8.55. The molecule has 29 heavy (non-hydrogen) atoms. The van der Waals surface area contributed by atoms with Crippen molar-refractivity contribution in [1.29, 1.82) is 0 Å². The molecule has 0 aliphatic rings. The molecular formula is C21H16F2N2O3S. The second kappa shape index (κ2) is 9.79. The van der Waals surface area contributed by atoms with E-state index in [1.807, 2.05) is 30.3 Å². The van der Waals surface area contributed by atoms with Crippen LogP contribution in [0.3, 0.4) is 0 Å². The molecule has 0 saturated heterocycles. The number of fused-ring (bicyclic) bond motifs is 1. The highest BCUT2D eigenvalue weighted by atomic mass is 32.2. The number of anilines is 1. The number of hydrogen-bond acceptors (Lipinski definition) is 5. The maximum atomic E-state index is 12.6. The van der Waals surface area contributed by atoms with Gasteiger partial charge in [0.15, 0.2) is 6.61 Å². The minimum Gasteiger partial charge on any atom is -0.452 e. The average molecular weight is 414 g/mol. The summed E-state index contributed by atoms with van der Waals surface area (Å²) in [7, 11) is 0. The van der Waals surface area contributed by atoms with Crippen molar-refractivity contribution in [1.82, 2.24) is 4.98 Å². The molecule has 1 amide bonds. The SMILES string of the molecule is O=C(COC(=O)/C=C/c1ccc2ccccc2n1)Nc1ccccc1SC(F)F. The normalized spacial score (nSPS) is 11.1.